The summed E-state index contributed by atoms with van der Waals surface area (Å²) in [6, 6.07) is 14.2. The lowest BCUT2D eigenvalue weighted by atomic mass is 10.2. The van der Waals surface area contributed by atoms with Crippen molar-refractivity contribution in [2.75, 3.05) is 25.2 Å². The molecule has 0 amide bonds. The van der Waals surface area contributed by atoms with Gasteiger partial charge in [-0.25, -0.2) is 9.07 Å². The number of nitrogens with zero attached hydrogens (tertiary/aromatic N) is 4. The van der Waals surface area contributed by atoms with E-state index in [1.807, 2.05) is 30.5 Å². The Labute approximate surface area is 150 Å². The van der Waals surface area contributed by atoms with Crippen LogP contribution in [0.1, 0.15) is 17.5 Å². The minimum atomic E-state index is -0.288. The summed E-state index contributed by atoms with van der Waals surface area (Å²) in [5, 5.41) is 8.45. The lowest BCUT2D eigenvalue weighted by Gasteiger charge is -2.23. The number of rotatable bonds is 5. The molecule has 2 heterocycles. The third kappa shape index (κ3) is 3.39. The summed E-state index contributed by atoms with van der Waals surface area (Å²) < 4.78 is 25.9. The smallest absolute Gasteiger partial charge is 0.177 e. The third-order valence-corrected chi connectivity index (χ3v) is 4.34. The molecule has 0 radical (unpaired) electrons. The Morgan fingerprint density at radius 1 is 1.23 bits per heavy atom. The second-order valence-electron chi connectivity index (χ2n) is 6.09. The largest absolute Gasteiger partial charge is 0.497 e. The summed E-state index contributed by atoms with van der Waals surface area (Å²) in [6.07, 6.45) is 1.58. The van der Waals surface area contributed by atoms with Crippen molar-refractivity contribution in [3.63, 3.8) is 0 Å². The van der Waals surface area contributed by atoms with E-state index in [4.69, 9.17) is 9.47 Å². The maximum Gasteiger partial charge on any atom is 0.177 e. The van der Waals surface area contributed by atoms with Gasteiger partial charge in [-0.1, -0.05) is 23.4 Å². The van der Waals surface area contributed by atoms with Crippen LogP contribution in [0.4, 0.5) is 10.1 Å². The number of hydrogen-bond acceptors (Lipinski definition) is 5. The molecule has 0 N–H and O–H groups in total. The number of benzene rings is 2. The summed E-state index contributed by atoms with van der Waals surface area (Å²) >= 11 is 0. The number of ether oxygens (including phenoxy) is 2. The summed E-state index contributed by atoms with van der Waals surface area (Å²) in [5.41, 5.74) is 2.72. The van der Waals surface area contributed by atoms with Crippen molar-refractivity contribution >= 4 is 5.69 Å². The minimum absolute atomic E-state index is 0.249. The predicted octanol–water partition coefficient (Wildman–Crippen LogP) is 3.01. The molecule has 4 rings (SSSR count). The van der Waals surface area contributed by atoms with Crippen molar-refractivity contribution < 1.29 is 13.9 Å². The Kier molecular flexibility index (Phi) is 4.53. The van der Waals surface area contributed by atoms with E-state index in [9.17, 15) is 4.39 Å². The molecule has 1 aliphatic rings. The Hall–Kier alpha value is -2.93. The van der Waals surface area contributed by atoms with E-state index in [1.54, 1.807) is 23.9 Å². The van der Waals surface area contributed by atoms with Gasteiger partial charge >= 0.3 is 0 Å². The molecule has 26 heavy (non-hydrogen) atoms. The third-order valence-electron chi connectivity index (χ3n) is 4.34. The molecule has 0 saturated carbocycles. The first-order valence-corrected chi connectivity index (χ1v) is 8.40. The van der Waals surface area contributed by atoms with Crippen molar-refractivity contribution in [3.8, 4) is 5.75 Å². The van der Waals surface area contributed by atoms with Crippen molar-refractivity contribution in [3.05, 3.63) is 71.8 Å². The molecule has 1 atom stereocenters. The molecular formula is C19H19FN4O2. The van der Waals surface area contributed by atoms with Crippen LogP contribution >= 0.6 is 0 Å². The van der Waals surface area contributed by atoms with Gasteiger partial charge in [0, 0.05) is 18.3 Å². The Morgan fingerprint density at radius 2 is 2.08 bits per heavy atom. The first-order chi connectivity index (χ1) is 12.7. The van der Waals surface area contributed by atoms with Crippen molar-refractivity contribution in [2.45, 2.75) is 12.8 Å². The van der Waals surface area contributed by atoms with Crippen LogP contribution in [0.3, 0.4) is 0 Å². The highest BCUT2D eigenvalue weighted by molar-refractivity contribution is 5.52. The molecule has 6 nitrogen and oxygen atoms in total. The van der Waals surface area contributed by atoms with Crippen LogP contribution in [0.25, 0.3) is 0 Å². The fraction of sp³-hybridized carbons (Fsp3) is 0.263. The molecule has 134 valence electrons. The van der Waals surface area contributed by atoms with Gasteiger partial charge in [0.15, 0.2) is 6.23 Å². The minimum Gasteiger partial charge on any atom is -0.497 e. The van der Waals surface area contributed by atoms with Gasteiger partial charge < -0.3 is 14.4 Å². The monoisotopic (exact) mass is 354 g/mol. The predicted molar refractivity (Wildman–Crippen MR) is 94.6 cm³/mol. The van der Waals surface area contributed by atoms with Gasteiger partial charge in [-0.2, -0.15) is 0 Å². The molecule has 1 fully saturated rings. The van der Waals surface area contributed by atoms with Crippen molar-refractivity contribution in [1.82, 2.24) is 15.0 Å². The molecule has 7 heteroatoms. The average molecular weight is 354 g/mol. The number of methoxy groups -OCH3 is 1. The number of anilines is 1. The molecule has 0 spiro atoms. The van der Waals surface area contributed by atoms with E-state index in [1.165, 1.54) is 12.1 Å². The van der Waals surface area contributed by atoms with E-state index in [0.717, 1.165) is 29.2 Å². The van der Waals surface area contributed by atoms with Crippen LogP contribution < -0.4 is 9.64 Å². The first-order valence-electron chi connectivity index (χ1n) is 8.40. The van der Waals surface area contributed by atoms with Gasteiger partial charge in [0.1, 0.15) is 17.3 Å². The van der Waals surface area contributed by atoms with Gasteiger partial charge in [-0.3, -0.25) is 0 Å². The van der Waals surface area contributed by atoms with E-state index < -0.39 is 0 Å². The first kappa shape index (κ1) is 16.5. The zero-order chi connectivity index (χ0) is 17.9. The maximum atomic E-state index is 13.0. The van der Waals surface area contributed by atoms with Gasteiger partial charge in [-0.05, 0) is 29.8 Å². The van der Waals surface area contributed by atoms with Crippen LogP contribution in [-0.4, -0.2) is 35.3 Å². The molecule has 2 aromatic carbocycles. The zero-order valence-corrected chi connectivity index (χ0v) is 14.4. The lowest BCUT2D eigenvalue weighted by Crippen LogP contribution is -2.23. The Morgan fingerprint density at radius 3 is 2.88 bits per heavy atom. The second kappa shape index (κ2) is 7.13. The summed E-state index contributed by atoms with van der Waals surface area (Å²) in [6.45, 7) is 1.91. The highest BCUT2D eigenvalue weighted by Crippen LogP contribution is 2.32. The van der Waals surface area contributed by atoms with Gasteiger partial charge in [0.25, 0.3) is 0 Å². The van der Waals surface area contributed by atoms with Crippen molar-refractivity contribution in [1.29, 1.82) is 0 Å². The summed E-state index contributed by atoms with van der Waals surface area (Å²) in [7, 11) is 1.65. The fourth-order valence-electron chi connectivity index (χ4n) is 3.05. The average Bonchev–Trinajstić information content (AvgIpc) is 3.33. The quantitative estimate of drug-likeness (QED) is 0.705. The zero-order valence-electron chi connectivity index (χ0n) is 14.4. The highest BCUT2D eigenvalue weighted by Gasteiger charge is 2.29. The summed E-state index contributed by atoms with van der Waals surface area (Å²) in [5.74, 6) is 0.550. The van der Waals surface area contributed by atoms with Gasteiger partial charge in [0.2, 0.25) is 0 Å². The van der Waals surface area contributed by atoms with Crippen LogP contribution in [0.5, 0.6) is 5.75 Å². The molecular weight excluding hydrogens is 335 g/mol. The number of hydrogen-bond donors (Lipinski definition) is 0. The topological polar surface area (TPSA) is 52.4 Å². The van der Waals surface area contributed by atoms with Crippen LogP contribution in [0.15, 0.2) is 54.7 Å². The van der Waals surface area contributed by atoms with E-state index in [0.29, 0.717) is 13.2 Å². The van der Waals surface area contributed by atoms with E-state index >= 15 is 0 Å². The number of aromatic nitrogens is 3. The molecule has 1 saturated heterocycles. The Bertz CT molecular complexity index is 881. The maximum absolute atomic E-state index is 13.0. The van der Waals surface area contributed by atoms with E-state index in [2.05, 4.69) is 15.2 Å². The summed E-state index contributed by atoms with van der Waals surface area (Å²) in [4.78, 5) is 2.13. The normalized spacial score (nSPS) is 16.8. The van der Waals surface area contributed by atoms with Crippen LogP contribution in [0.2, 0.25) is 0 Å². The molecule has 1 aliphatic heterocycles. The molecule has 0 bridgehead atoms. The molecule has 3 aromatic rings. The molecule has 0 unspecified atom stereocenters. The lowest BCUT2D eigenvalue weighted by molar-refractivity contribution is 0.110. The molecule has 1 aromatic heterocycles. The molecule has 0 aliphatic carbocycles. The SMILES string of the molecule is COc1cccc(N2CCO[C@@H]2c2cn(Cc3ccc(F)cc3)nn2)c1. The highest BCUT2D eigenvalue weighted by atomic mass is 19.1. The van der Waals surface area contributed by atoms with Crippen molar-refractivity contribution in [2.24, 2.45) is 0 Å². The van der Waals surface area contributed by atoms with E-state index in [-0.39, 0.29) is 12.0 Å². The fourth-order valence-corrected chi connectivity index (χ4v) is 3.05. The number of halogens is 1. The Balaban J connectivity index is 1.53. The van der Waals surface area contributed by atoms with Crippen LogP contribution in [-0.2, 0) is 11.3 Å². The second-order valence-corrected chi connectivity index (χ2v) is 6.09. The standard InChI is InChI=1S/C19H19FN4O2/c1-25-17-4-2-3-16(11-17)24-9-10-26-19(24)18-13-23(22-21-18)12-14-5-7-15(20)8-6-14/h2-8,11,13,19H,9-10,12H2,1H3/t19-/m1/s1. The van der Waals surface area contributed by atoms with Gasteiger partial charge in [0.05, 0.1) is 26.5 Å². The van der Waals surface area contributed by atoms with Gasteiger partial charge in [-0.15, -0.1) is 5.10 Å². The van der Waals surface area contributed by atoms with Crippen LogP contribution in [0, 0.1) is 5.82 Å².